The lowest BCUT2D eigenvalue weighted by Gasteiger charge is -2.38. The Morgan fingerprint density at radius 2 is 1.89 bits per heavy atom. The summed E-state index contributed by atoms with van der Waals surface area (Å²) in [5, 5.41) is 3.62. The minimum Gasteiger partial charge on any atom is -0.317 e. The Morgan fingerprint density at radius 3 is 2.39 bits per heavy atom. The molecule has 1 nitrogen and oxygen atoms in total. The average Bonchev–Trinajstić information content (AvgIpc) is 2.34. The fourth-order valence-electron chi connectivity index (χ4n) is 3.35. The SMILES string of the molecule is CCC1CCCC(C(CC(C)C(C)(C)C)NC)C1. The van der Waals surface area contributed by atoms with Gasteiger partial charge in [0.1, 0.15) is 0 Å². The third-order valence-electron chi connectivity index (χ3n) is 5.43. The average molecular weight is 253 g/mol. The van der Waals surface area contributed by atoms with E-state index in [1.54, 1.807) is 0 Å². The van der Waals surface area contributed by atoms with E-state index in [1.807, 2.05) is 0 Å². The second-order valence-corrected chi connectivity index (χ2v) is 7.60. The Bertz CT molecular complexity index is 228. The molecule has 1 fully saturated rings. The quantitative estimate of drug-likeness (QED) is 0.737. The van der Waals surface area contributed by atoms with E-state index in [2.05, 4.69) is 47.0 Å². The summed E-state index contributed by atoms with van der Waals surface area (Å²) in [6.07, 6.45) is 8.53. The molecule has 1 N–H and O–H groups in total. The van der Waals surface area contributed by atoms with Crippen molar-refractivity contribution in [2.24, 2.45) is 23.2 Å². The molecule has 1 saturated carbocycles. The molecular weight excluding hydrogens is 218 g/mol. The number of rotatable bonds is 5. The molecule has 0 bridgehead atoms. The third-order valence-corrected chi connectivity index (χ3v) is 5.43. The van der Waals surface area contributed by atoms with Gasteiger partial charge in [-0.1, -0.05) is 53.9 Å². The van der Waals surface area contributed by atoms with Crippen LogP contribution in [0.4, 0.5) is 0 Å². The first kappa shape index (κ1) is 16.0. The van der Waals surface area contributed by atoms with Crippen molar-refractivity contribution < 1.29 is 0 Å². The van der Waals surface area contributed by atoms with Gasteiger partial charge in [0, 0.05) is 6.04 Å². The van der Waals surface area contributed by atoms with Crippen LogP contribution in [0.1, 0.15) is 73.1 Å². The molecule has 1 heteroatoms. The first-order valence-corrected chi connectivity index (χ1v) is 8.05. The van der Waals surface area contributed by atoms with Crippen LogP contribution < -0.4 is 5.32 Å². The van der Waals surface area contributed by atoms with Crippen LogP contribution in [0.2, 0.25) is 0 Å². The Kier molecular flexibility index (Phi) is 6.17. The first-order chi connectivity index (χ1) is 8.38. The first-order valence-electron chi connectivity index (χ1n) is 8.05. The van der Waals surface area contributed by atoms with Gasteiger partial charge in [-0.15, -0.1) is 0 Å². The second kappa shape index (κ2) is 6.93. The maximum Gasteiger partial charge on any atom is 0.00951 e. The van der Waals surface area contributed by atoms with Crippen LogP contribution in [0.15, 0.2) is 0 Å². The van der Waals surface area contributed by atoms with Gasteiger partial charge in [-0.2, -0.15) is 0 Å². The highest BCUT2D eigenvalue weighted by atomic mass is 14.9. The highest BCUT2D eigenvalue weighted by molar-refractivity contribution is 4.85. The molecule has 0 heterocycles. The zero-order valence-electron chi connectivity index (χ0n) is 13.6. The zero-order chi connectivity index (χ0) is 13.8. The van der Waals surface area contributed by atoms with Gasteiger partial charge >= 0.3 is 0 Å². The van der Waals surface area contributed by atoms with Crippen molar-refractivity contribution in [3.05, 3.63) is 0 Å². The van der Waals surface area contributed by atoms with Gasteiger partial charge in [-0.25, -0.2) is 0 Å². The Labute approximate surface area is 115 Å². The summed E-state index contributed by atoms with van der Waals surface area (Å²) in [7, 11) is 2.16. The van der Waals surface area contributed by atoms with Crippen molar-refractivity contribution in [1.29, 1.82) is 0 Å². The van der Waals surface area contributed by atoms with Crippen LogP contribution in [0.3, 0.4) is 0 Å². The smallest absolute Gasteiger partial charge is 0.00951 e. The van der Waals surface area contributed by atoms with E-state index in [4.69, 9.17) is 0 Å². The van der Waals surface area contributed by atoms with Gasteiger partial charge in [-0.05, 0) is 49.5 Å². The van der Waals surface area contributed by atoms with Crippen LogP contribution in [-0.4, -0.2) is 13.1 Å². The molecule has 1 aliphatic rings. The van der Waals surface area contributed by atoms with E-state index in [1.165, 1.54) is 38.5 Å². The third kappa shape index (κ3) is 4.57. The summed E-state index contributed by atoms with van der Waals surface area (Å²) in [5.74, 6) is 2.69. The second-order valence-electron chi connectivity index (χ2n) is 7.60. The van der Waals surface area contributed by atoms with Gasteiger partial charge in [0.2, 0.25) is 0 Å². The van der Waals surface area contributed by atoms with E-state index < -0.39 is 0 Å². The largest absolute Gasteiger partial charge is 0.317 e. The van der Waals surface area contributed by atoms with E-state index in [0.29, 0.717) is 5.41 Å². The predicted octanol–water partition coefficient (Wildman–Crippen LogP) is 4.86. The molecule has 0 aromatic carbocycles. The topological polar surface area (TPSA) is 12.0 Å². The van der Waals surface area contributed by atoms with Crippen molar-refractivity contribution in [3.63, 3.8) is 0 Å². The lowest BCUT2D eigenvalue weighted by Crippen LogP contribution is -2.39. The normalized spacial score (nSPS) is 29.0. The lowest BCUT2D eigenvalue weighted by atomic mass is 9.71. The van der Waals surface area contributed by atoms with Gasteiger partial charge in [-0.3, -0.25) is 0 Å². The van der Waals surface area contributed by atoms with Gasteiger partial charge < -0.3 is 5.32 Å². The number of nitrogens with one attached hydrogen (secondary N) is 1. The van der Waals surface area contributed by atoms with E-state index in [-0.39, 0.29) is 0 Å². The summed E-state index contributed by atoms with van der Waals surface area (Å²) >= 11 is 0. The van der Waals surface area contributed by atoms with E-state index >= 15 is 0 Å². The molecule has 108 valence electrons. The monoisotopic (exact) mass is 253 g/mol. The molecule has 1 rings (SSSR count). The van der Waals surface area contributed by atoms with Crippen molar-refractivity contribution >= 4 is 0 Å². The summed E-state index contributed by atoms with van der Waals surface area (Å²) < 4.78 is 0. The summed E-state index contributed by atoms with van der Waals surface area (Å²) in [5.41, 5.74) is 0.438. The summed E-state index contributed by atoms with van der Waals surface area (Å²) in [6.45, 7) is 11.9. The predicted molar refractivity (Wildman–Crippen MR) is 81.8 cm³/mol. The molecule has 0 aromatic rings. The highest BCUT2D eigenvalue weighted by Crippen LogP contribution is 2.37. The molecule has 18 heavy (non-hydrogen) atoms. The maximum absolute atomic E-state index is 3.62. The lowest BCUT2D eigenvalue weighted by molar-refractivity contribution is 0.160. The van der Waals surface area contributed by atoms with Crippen LogP contribution in [0.25, 0.3) is 0 Å². The van der Waals surface area contributed by atoms with Crippen molar-refractivity contribution in [2.45, 2.75) is 79.2 Å². The van der Waals surface area contributed by atoms with Crippen LogP contribution in [0.5, 0.6) is 0 Å². The van der Waals surface area contributed by atoms with Crippen LogP contribution in [-0.2, 0) is 0 Å². The minimum absolute atomic E-state index is 0.438. The van der Waals surface area contributed by atoms with Gasteiger partial charge in [0.05, 0.1) is 0 Å². The maximum atomic E-state index is 3.62. The highest BCUT2D eigenvalue weighted by Gasteiger charge is 2.30. The fourth-order valence-corrected chi connectivity index (χ4v) is 3.35. The molecule has 0 aliphatic heterocycles. The van der Waals surface area contributed by atoms with E-state index in [0.717, 1.165) is 23.8 Å². The van der Waals surface area contributed by atoms with Crippen molar-refractivity contribution in [1.82, 2.24) is 5.32 Å². The van der Waals surface area contributed by atoms with E-state index in [9.17, 15) is 0 Å². The molecular formula is C17H35N. The zero-order valence-corrected chi connectivity index (χ0v) is 13.6. The standard InChI is InChI=1S/C17H35N/c1-7-14-9-8-10-15(12-14)16(18-6)11-13(2)17(3,4)5/h13-16,18H,7-12H2,1-6H3. The Balaban J connectivity index is 2.54. The molecule has 4 unspecified atom stereocenters. The van der Waals surface area contributed by atoms with Gasteiger partial charge in [0.25, 0.3) is 0 Å². The van der Waals surface area contributed by atoms with Crippen LogP contribution >= 0.6 is 0 Å². The molecule has 0 spiro atoms. The summed E-state index contributed by atoms with van der Waals surface area (Å²) in [4.78, 5) is 0. The number of hydrogen-bond acceptors (Lipinski definition) is 1. The molecule has 0 amide bonds. The summed E-state index contributed by atoms with van der Waals surface area (Å²) in [6, 6.07) is 0.730. The Hall–Kier alpha value is -0.0400. The fraction of sp³-hybridized carbons (Fsp3) is 1.00. The Morgan fingerprint density at radius 1 is 1.22 bits per heavy atom. The van der Waals surface area contributed by atoms with Crippen molar-refractivity contribution in [3.8, 4) is 0 Å². The molecule has 4 atom stereocenters. The van der Waals surface area contributed by atoms with Crippen molar-refractivity contribution in [2.75, 3.05) is 7.05 Å². The molecule has 1 aliphatic carbocycles. The number of hydrogen-bond donors (Lipinski definition) is 1. The molecule has 0 saturated heterocycles. The van der Waals surface area contributed by atoms with Crippen LogP contribution in [0, 0.1) is 23.2 Å². The molecule has 0 aromatic heterocycles. The molecule has 0 radical (unpaired) electrons. The van der Waals surface area contributed by atoms with Gasteiger partial charge in [0.15, 0.2) is 0 Å². The minimum atomic E-state index is 0.438.